The van der Waals surface area contributed by atoms with Crippen LogP contribution >= 0.6 is 0 Å². The van der Waals surface area contributed by atoms with Gasteiger partial charge < -0.3 is 29.9 Å². The van der Waals surface area contributed by atoms with Crippen LogP contribution in [0.5, 0.6) is 0 Å². The van der Waals surface area contributed by atoms with E-state index in [0.717, 1.165) is 57.8 Å². The van der Waals surface area contributed by atoms with Gasteiger partial charge >= 0.3 is 0 Å². The smallest absolute Gasteiger partial charge is 0.250 e. The van der Waals surface area contributed by atoms with Crippen molar-refractivity contribution < 1.29 is 29.3 Å². The lowest BCUT2D eigenvalue weighted by Crippen LogP contribution is -2.48. The molecule has 4 atom stereocenters. The molecule has 2 amide bonds. The third kappa shape index (κ3) is 6.35. The van der Waals surface area contributed by atoms with Crippen molar-refractivity contribution in [3.05, 3.63) is 11.6 Å². The molecule has 188 valence electrons. The number of fused-ring (bicyclic) bond motifs is 1. The maximum Gasteiger partial charge on any atom is 0.250 e. The second-order valence-electron chi connectivity index (χ2n) is 9.62. The lowest BCUT2D eigenvalue weighted by atomic mass is 9.91. The van der Waals surface area contributed by atoms with Gasteiger partial charge in [0.1, 0.15) is 18.2 Å². The fourth-order valence-corrected chi connectivity index (χ4v) is 5.26. The summed E-state index contributed by atoms with van der Waals surface area (Å²) in [6, 6.07) is -0.539. The monoisotopic (exact) mass is 466 g/mol. The van der Waals surface area contributed by atoms with Gasteiger partial charge in [0.15, 0.2) is 5.79 Å². The predicted octanol–water partition coefficient (Wildman–Crippen LogP) is 2.42. The van der Waals surface area contributed by atoms with Crippen molar-refractivity contribution in [2.24, 2.45) is 0 Å². The van der Waals surface area contributed by atoms with E-state index in [-0.39, 0.29) is 31.4 Å². The van der Waals surface area contributed by atoms with Crippen molar-refractivity contribution in [1.82, 2.24) is 10.2 Å². The first-order chi connectivity index (χ1) is 15.9. The van der Waals surface area contributed by atoms with Crippen molar-refractivity contribution in [2.75, 3.05) is 19.7 Å². The molecule has 0 spiro atoms. The predicted molar refractivity (Wildman–Crippen MR) is 124 cm³/mol. The Morgan fingerprint density at radius 2 is 1.85 bits per heavy atom. The molecule has 0 saturated carbocycles. The molecule has 2 heterocycles. The van der Waals surface area contributed by atoms with Crippen LogP contribution in [-0.2, 0) is 19.1 Å². The van der Waals surface area contributed by atoms with Gasteiger partial charge in [-0.25, -0.2) is 0 Å². The fourth-order valence-electron chi connectivity index (χ4n) is 5.26. The summed E-state index contributed by atoms with van der Waals surface area (Å²) >= 11 is 0. The summed E-state index contributed by atoms with van der Waals surface area (Å²) in [5.41, 5.74) is 0.493. The summed E-state index contributed by atoms with van der Waals surface area (Å²) in [7, 11) is 0. The minimum absolute atomic E-state index is 0.136. The first-order valence-electron chi connectivity index (χ1n) is 12.9. The van der Waals surface area contributed by atoms with Crippen LogP contribution in [0.25, 0.3) is 0 Å². The van der Waals surface area contributed by atoms with Crippen LogP contribution in [-0.4, -0.2) is 76.8 Å². The number of unbranched alkanes of at least 4 members (excludes halogenated alkanes) is 4. The van der Waals surface area contributed by atoms with Crippen LogP contribution in [0.4, 0.5) is 0 Å². The van der Waals surface area contributed by atoms with E-state index < -0.39 is 30.1 Å². The molecule has 0 aromatic rings. The minimum Gasteiger partial charge on any atom is -0.395 e. The number of amides is 2. The molecular formula is C25H42N2O6. The number of hydrogen-bond acceptors (Lipinski definition) is 6. The number of carbonyl (C=O) groups excluding carboxylic acids is 2. The first-order valence-corrected chi connectivity index (χ1v) is 12.9. The summed E-state index contributed by atoms with van der Waals surface area (Å²) in [5.74, 6) is -1.15. The van der Waals surface area contributed by atoms with E-state index >= 15 is 0 Å². The second kappa shape index (κ2) is 12.3. The Labute approximate surface area is 197 Å². The third-order valence-electron chi connectivity index (χ3n) is 7.02. The molecule has 8 heteroatoms. The molecule has 8 nitrogen and oxygen atoms in total. The van der Waals surface area contributed by atoms with Gasteiger partial charge in [-0.1, -0.05) is 39.5 Å². The maximum absolute atomic E-state index is 13.3. The molecule has 2 saturated heterocycles. The normalized spacial score (nSPS) is 28.5. The average molecular weight is 467 g/mol. The summed E-state index contributed by atoms with van der Waals surface area (Å²) in [6.45, 7) is 4.88. The number of nitrogens with zero attached hydrogens (tertiary/aromatic N) is 1. The SMILES string of the molecule is CCCCCC1(CCCCC)OC2C=C(C(=O)N3CCCC3C(=O)NCCO)CC(O)C2O1. The average Bonchev–Trinajstić information content (AvgIpc) is 3.43. The van der Waals surface area contributed by atoms with Crippen LogP contribution in [0.3, 0.4) is 0 Å². The van der Waals surface area contributed by atoms with Gasteiger partial charge in [0, 0.05) is 37.9 Å². The largest absolute Gasteiger partial charge is 0.395 e. The zero-order chi connectivity index (χ0) is 23.8. The molecule has 0 aromatic carbocycles. The van der Waals surface area contributed by atoms with E-state index in [1.165, 1.54) is 0 Å². The van der Waals surface area contributed by atoms with Crippen molar-refractivity contribution in [3.8, 4) is 0 Å². The van der Waals surface area contributed by atoms with E-state index in [9.17, 15) is 14.7 Å². The molecule has 2 fully saturated rings. The summed E-state index contributed by atoms with van der Waals surface area (Å²) < 4.78 is 12.8. The van der Waals surface area contributed by atoms with E-state index in [1.807, 2.05) is 6.08 Å². The molecule has 3 aliphatic rings. The van der Waals surface area contributed by atoms with Crippen molar-refractivity contribution in [1.29, 1.82) is 0 Å². The molecule has 1 aliphatic carbocycles. The Morgan fingerprint density at radius 3 is 2.48 bits per heavy atom. The zero-order valence-electron chi connectivity index (χ0n) is 20.3. The number of carbonyl (C=O) groups is 2. The fraction of sp³-hybridized carbons (Fsp3) is 0.840. The quantitative estimate of drug-likeness (QED) is 0.381. The molecule has 2 aliphatic heterocycles. The van der Waals surface area contributed by atoms with Crippen molar-refractivity contribution in [3.63, 3.8) is 0 Å². The maximum atomic E-state index is 13.3. The van der Waals surface area contributed by atoms with E-state index in [0.29, 0.717) is 18.5 Å². The molecule has 3 N–H and O–H groups in total. The van der Waals surface area contributed by atoms with Gasteiger partial charge in [-0.05, 0) is 31.8 Å². The number of likely N-dealkylation sites (tertiary alicyclic amines) is 1. The summed E-state index contributed by atoms with van der Waals surface area (Å²) in [4.78, 5) is 27.4. The molecule has 0 radical (unpaired) electrons. The molecule has 4 unspecified atom stereocenters. The van der Waals surface area contributed by atoms with Crippen LogP contribution in [0.15, 0.2) is 11.6 Å². The van der Waals surface area contributed by atoms with Crippen LogP contribution in [0.1, 0.15) is 84.5 Å². The molecule has 3 rings (SSSR count). The lowest BCUT2D eigenvalue weighted by molar-refractivity contribution is -0.190. The molecule has 0 aromatic heterocycles. The van der Waals surface area contributed by atoms with E-state index in [4.69, 9.17) is 14.6 Å². The highest BCUT2D eigenvalue weighted by molar-refractivity contribution is 5.97. The highest BCUT2D eigenvalue weighted by atomic mass is 16.8. The van der Waals surface area contributed by atoms with Gasteiger partial charge in [-0.3, -0.25) is 9.59 Å². The Bertz CT molecular complexity index is 686. The standard InChI is InChI=1S/C25H42N2O6/c1-3-5-7-11-25(12-8-6-4-2)32-21-17-18(16-20(29)22(21)33-25)24(31)27-14-9-10-19(27)23(30)26-13-15-28/h17,19-22,28-29H,3-16H2,1-2H3,(H,26,30). The number of rotatable bonds is 12. The van der Waals surface area contributed by atoms with Gasteiger partial charge in [0.05, 0.1) is 12.7 Å². The molecule has 33 heavy (non-hydrogen) atoms. The van der Waals surface area contributed by atoms with E-state index in [2.05, 4.69) is 19.2 Å². The first kappa shape index (κ1) is 26.1. The van der Waals surface area contributed by atoms with E-state index in [1.54, 1.807) is 4.90 Å². The Kier molecular flexibility index (Phi) is 9.73. The zero-order valence-corrected chi connectivity index (χ0v) is 20.3. The van der Waals surface area contributed by atoms with Crippen LogP contribution < -0.4 is 5.32 Å². The Balaban J connectivity index is 1.72. The number of aliphatic hydroxyl groups is 2. The Hall–Kier alpha value is -1.48. The summed E-state index contributed by atoms with van der Waals surface area (Å²) in [5, 5.41) is 22.5. The third-order valence-corrected chi connectivity index (χ3v) is 7.02. The highest BCUT2D eigenvalue weighted by Gasteiger charge is 2.51. The summed E-state index contributed by atoms with van der Waals surface area (Å²) in [6.07, 6.45) is 9.67. The number of ether oxygens (including phenoxy) is 2. The molecular weight excluding hydrogens is 424 g/mol. The van der Waals surface area contributed by atoms with Gasteiger partial charge in [0.25, 0.3) is 0 Å². The second-order valence-corrected chi connectivity index (χ2v) is 9.62. The van der Waals surface area contributed by atoms with Crippen molar-refractivity contribution in [2.45, 2.75) is 115 Å². The van der Waals surface area contributed by atoms with Gasteiger partial charge in [0.2, 0.25) is 11.8 Å². The number of aliphatic hydroxyl groups excluding tert-OH is 2. The topological polar surface area (TPSA) is 108 Å². The van der Waals surface area contributed by atoms with Crippen molar-refractivity contribution >= 4 is 11.8 Å². The minimum atomic E-state index is -0.817. The molecule has 0 bridgehead atoms. The highest BCUT2D eigenvalue weighted by Crippen LogP contribution is 2.42. The van der Waals surface area contributed by atoms with Crippen LogP contribution in [0.2, 0.25) is 0 Å². The number of hydrogen-bond donors (Lipinski definition) is 3. The van der Waals surface area contributed by atoms with Crippen LogP contribution in [0, 0.1) is 0 Å². The van der Waals surface area contributed by atoms with Gasteiger partial charge in [-0.15, -0.1) is 0 Å². The number of nitrogens with one attached hydrogen (secondary N) is 1. The van der Waals surface area contributed by atoms with Gasteiger partial charge in [-0.2, -0.15) is 0 Å². The lowest BCUT2D eigenvalue weighted by Gasteiger charge is -2.30. The Morgan fingerprint density at radius 1 is 1.15 bits per heavy atom.